The number of hydrogen-bond donors (Lipinski definition) is 2. The molecular formula is C15H18N2O3S. The Kier molecular flexibility index (Phi) is 3.84. The van der Waals surface area contributed by atoms with Gasteiger partial charge in [0.1, 0.15) is 5.01 Å². The van der Waals surface area contributed by atoms with Crippen molar-refractivity contribution in [2.45, 2.75) is 26.0 Å². The number of fused-ring (bicyclic) bond motifs is 1. The summed E-state index contributed by atoms with van der Waals surface area (Å²) < 4.78 is 10.7. The predicted molar refractivity (Wildman–Crippen MR) is 81.7 cm³/mol. The summed E-state index contributed by atoms with van der Waals surface area (Å²) >= 11 is 1.60. The zero-order chi connectivity index (χ0) is 14.9. The first-order valence-corrected chi connectivity index (χ1v) is 7.67. The van der Waals surface area contributed by atoms with Crippen molar-refractivity contribution in [2.24, 2.45) is 0 Å². The molecule has 1 aromatic carbocycles. The lowest BCUT2D eigenvalue weighted by Crippen LogP contribution is -2.34. The Balaban J connectivity index is 1.67. The minimum Gasteiger partial charge on any atom is -0.454 e. The monoisotopic (exact) mass is 306 g/mol. The Morgan fingerprint density at radius 3 is 2.95 bits per heavy atom. The maximum Gasteiger partial charge on any atom is 0.231 e. The van der Waals surface area contributed by atoms with E-state index in [0.717, 1.165) is 27.8 Å². The van der Waals surface area contributed by atoms with Crippen LogP contribution in [0.4, 0.5) is 0 Å². The average molecular weight is 306 g/mol. The van der Waals surface area contributed by atoms with Gasteiger partial charge in [0.2, 0.25) is 6.79 Å². The van der Waals surface area contributed by atoms with Crippen LogP contribution in [0.2, 0.25) is 0 Å². The molecule has 2 heterocycles. The van der Waals surface area contributed by atoms with Crippen molar-refractivity contribution >= 4 is 11.3 Å². The van der Waals surface area contributed by atoms with E-state index in [0.29, 0.717) is 13.1 Å². The third kappa shape index (κ3) is 3.53. The van der Waals surface area contributed by atoms with Gasteiger partial charge >= 0.3 is 0 Å². The molecule has 0 radical (unpaired) electrons. The van der Waals surface area contributed by atoms with Crippen LogP contribution in [-0.4, -0.2) is 29.0 Å². The molecule has 2 N–H and O–H groups in total. The number of rotatable bonds is 5. The molecule has 0 saturated carbocycles. The van der Waals surface area contributed by atoms with Crippen LogP contribution in [0.5, 0.6) is 11.5 Å². The van der Waals surface area contributed by atoms with Crippen molar-refractivity contribution in [3.63, 3.8) is 0 Å². The van der Waals surface area contributed by atoms with E-state index in [1.165, 1.54) is 0 Å². The second kappa shape index (κ2) is 5.63. The van der Waals surface area contributed by atoms with E-state index in [1.807, 2.05) is 23.6 Å². The van der Waals surface area contributed by atoms with Gasteiger partial charge in [0, 0.05) is 24.0 Å². The summed E-state index contributed by atoms with van der Waals surface area (Å²) in [4.78, 5) is 4.60. The first-order chi connectivity index (χ1) is 10.0. The van der Waals surface area contributed by atoms with Crippen LogP contribution >= 0.6 is 11.3 Å². The fraction of sp³-hybridized carbons (Fsp3) is 0.400. The zero-order valence-electron chi connectivity index (χ0n) is 12.0. The van der Waals surface area contributed by atoms with E-state index in [1.54, 1.807) is 25.2 Å². The Morgan fingerprint density at radius 1 is 1.33 bits per heavy atom. The largest absolute Gasteiger partial charge is 0.454 e. The maximum atomic E-state index is 9.66. The minimum absolute atomic E-state index is 0.281. The van der Waals surface area contributed by atoms with Gasteiger partial charge in [-0.25, -0.2) is 4.98 Å². The van der Waals surface area contributed by atoms with Crippen molar-refractivity contribution in [1.82, 2.24) is 10.3 Å². The average Bonchev–Trinajstić information content (AvgIpc) is 3.04. The van der Waals surface area contributed by atoms with E-state index < -0.39 is 5.60 Å². The molecule has 0 saturated heterocycles. The summed E-state index contributed by atoms with van der Waals surface area (Å²) in [6.45, 7) is 5.01. The van der Waals surface area contributed by atoms with E-state index >= 15 is 0 Å². The van der Waals surface area contributed by atoms with Gasteiger partial charge in [0.05, 0.1) is 11.3 Å². The number of aromatic nitrogens is 1. The SMILES string of the molecule is CC(C)(O)CNCc1csc(-c2ccc3c(c2)OCO3)n1. The highest BCUT2D eigenvalue weighted by atomic mass is 32.1. The second-order valence-electron chi connectivity index (χ2n) is 5.63. The van der Waals surface area contributed by atoms with Crippen molar-refractivity contribution in [3.05, 3.63) is 29.3 Å². The van der Waals surface area contributed by atoms with Crippen molar-refractivity contribution in [1.29, 1.82) is 0 Å². The number of ether oxygens (including phenoxy) is 2. The van der Waals surface area contributed by atoms with Gasteiger partial charge in [-0.2, -0.15) is 0 Å². The molecule has 0 unspecified atom stereocenters. The standard InChI is InChI=1S/C15H18N2O3S/c1-15(2,18)8-16-6-11-7-21-14(17-11)10-3-4-12-13(5-10)20-9-19-12/h3-5,7,16,18H,6,8-9H2,1-2H3. The number of thiazole rings is 1. The van der Waals surface area contributed by atoms with Crippen LogP contribution < -0.4 is 14.8 Å². The number of hydrogen-bond acceptors (Lipinski definition) is 6. The lowest BCUT2D eigenvalue weighted by Gasteiger charge is -2.16. The minimum atomic E-state index is -0.712. The molecule has 3 rings (SSSR count). The molecule has 0 amide bonds. The Bertz CT molecular complexity index is 634. The highest BCUT2D eigenvalue weighted by molar-refractivity contribution is 7.13. The first kappa shape index (κ1) is 14.3. The van der Waals surface area contributed by atoms with Crippen molar-refractivity contribution in [3.8, 4) is 22.1 Å². The molecule has 0 fully saturated rings. The molecule has 112 valence electrons. The quantitative estimate of drug-likeness (QED) is 0.888. The lowest BCUT2D eigenvalue weighted by atomic mass is 10.1. The van der Waals surface area contributed by atoms with Gasteiger partial charge in [-0.1, -0.05) is 0 Å². The Labute approximate surface area is 127 Å². The predicted octanol–water partition coefficient (Wildman–Crippen LogP) is 2.40. The number of nitrogens with one attached hydrogen (secondary N) is 1. The highest BCUT2D eigenvalue weighted by Crippen LogP contribution is 2.36. The summed E-state index contributed by atoms with van der Waals surface area (Å²) in [5, 5.41) is 15.8. The summed E-state index contributed by atoms with van der Waals surface area (Å²) in [6, 6.07) is 5.85. The van der Waals surface area contributed by atoms with Gasteiger partial charge in [-0.15, -0.1) is 11.3 Å². The van der Waals surface area contributed by atoms with E-state index in [4.69, 9.17) is 9.47 Å². The summed E-state index contributed by atoms with van der Waals surface area (Å²) in [7, 11) is 0. The van der Waals surface area contributed by atoms with Gasteiger partial charge in [0.15, 0.2) is 11.5 Å². The van der Waals surface area contributed by atoms with E-state index in [-0.39, 0.29) is 6.79 Å². The smallest absolute Gasteiger partial charge is 0.231 e. The molecular weight excluding hydrogens is 288 g/mol. The third-order valence-corrected chi connectivity index (χ3v) is 3.98. The molecule has 5 nitrogen and oxygen atoms in total. The van der Waals surface area contributed by atoms with Gasteiger partial charge < -0.3 is 19.9 Å². The van der Waals surface area contributed by atoms with Gasteiger partial charge in [-0.05, 0) is 32.0 Å². The molecule has 0 bridgehead atoms. The van der Waals surface area contributed by atoms with Crippen LogP contribution in [-0.2, 0) is 6.54 Å². The third-order valence-electron chi connectivity index (χ3n) is 3.03. The van der Waals surface area contributed by atoms with Crippen LogP contribution in [0.3, 0.4) is 0 Å². The zero-order valence-corrected chi connectivity index (χ0v) is 12.9. The fourth-order valence-electron chi connectivity index (χ4n) is 2.05. The van der Waals surface area contributed by atoms with E-state index in [2.05, 4.69) is 10.3 Å². The molecule has 0 aliphatic carbocycles. The lowest BCUT2D eigenvalue weighted by molar-refractivity contribution is 0.0794. The Hall–Kier alpha value is -1.63. The number of nitrogens with zero attached hydrogens (tertiary/aromatic N) is 1. The number of aliphatic hydroxyl groups is 1. The van der Waals surface area contributed by atoms with Crippen LogP contribution in [0.25, 0.3) is 10.6 Å². The summed E-state index contributed by atoms with van der Waals surface area (Å²) in [5.41, 5.74) is 1.28. The molecule has 0 atom stereocenters. The second-order valence-corrected chi connectivity index (χ2v) is 6.49. The molecule has 1 aromatic heterocycles. The van der Waals surface area contributed by atoms with Crippen LogP contribution in [0.15, 0.2) is 23.6 Å². The van der Waals surface area contributed by atoms with Crippen LogP contribution in [0.1, 0.15) is 19.5 Å². The molecule has 21 heavy (non-hydrogen) atoms. The molecule has 6 heteroatoms. The van der Waals surface area contributed by atoms with Crippen molar-refractivity contribution in [2.75, 3.05) is 13.3 Å². The first-order valence-electron chi connectivity index (χ1n) is 6.79. The normalized spacial score (nSPS) is 13.7. The Morgan fingerprint density at radius 2 is 2.14 bits per heavy atom. The van der Waals surface area contributed by atoms with Crippen molar-refractivity contribution < 1.29 is 14.6 Å². The molecule has 1 aliphatic heterocycles. The topological polar surface area (TPSA) is 63.6 Å². The number of benzene rings is 1. The van der Waals surface area contributed by atoms with Gasteiger partial charge in [-0.3, -0.25) is 0 Å². The molecule has 2 aromatic rings. The molecule has 0 spiro atoms. The summed E-state index contributed by atoms with van der Waals surface area (Å²) in [5.74, 6) is 1.55. The van der Waals surface area contributed by atoms with Gasteiger partial charge in [0.25, 0.3) is 0 Å². The van der Waals surface area contributed by atoms with Crippen LogP contribution in [0, 0.1) is 0 Å². The fourth-order valence-corrected chi connectivity index (χ4v) is 2.86. The highest BCUT2D eigenvalue weighted by Gasteiger charge is 2.15. The maximum absolute atomic E-state index is 9.66. The van der Waals surface area contributed by atoms with E-state index in [9.17, 15) is 5.11 Å². The summed E-state index contributed by atoms with van der Waals surface area (Å²) in [6.07, 6.45) is 0. The molecule has 1 aliphatic rings.